The average molecular weight is 431 g/mol. The van der Waals surface area contributed by atoms with E-state index in [1.807, 2.05) is 42.5 Å². The highest BCUT2D eigenvalue weighted by Gasteiger charge is 2.26. The topological polar surface area (TPSA) is 67.3 Å². The number of nitrogens with one attached hydrogen (secondary N) is 1. The van der Waals surface area contributed by atoms with Gasteiger partial charge in [-0.1, -0.05) is 36.4 Å². The maximum absolute atomic E-state index is 12.8. The summed E-state index contributed by atoms with van der Waals surface area (Å²) in [5, 5.41) is 12.0. The Hall–Kier alpha value is -3.41. The van der Waals surface area contributed by atoms with Gasteiger partial charge in [-0.3, -0.25) is 4.79 Å². The minimum Gasteiger partial charge on any atom is -0.497 e. The van der Waals surface area contributed by atoms with Gasteiger partial charge in [0.15, 0.2) is 5.82 Å². The molecule has 4 rings (SSSR count). The van der Waals surface area contributed by atoms with Gasteiger partial charge in [0.25, 0.3) is 0 Å². The van der Waals surface area contributed by atoms with Gasteiger partial charge in [-0.05, 0) is 61.6 Å². The number of nitrogens with zero attached hydrogens (tertiary/aromatic N) is 3. The van der Waals surface area contributed by atoms with Crippen molar-refractivity contribution in [1.82, 2.24) is 15.5 Å². The van der Waals surface area contributed by atoms with Gasteiger partial charge in [-0.2, -0.15) is 0 Å². The summed E-state index contributed by atoms with van der Waals surface area (Å²) in [6, 6.07) is 20.2. The molecule has 1 aliphatic rings. The molecule has 1 atom stereocenters. The molecule has 3 aromatic rings. The molecule has 166 valence electrons. The van der Waals surface area contributed by atoms with Crippen molar-refractivity contribution in [3.05, 3.63) is 71.8 Å². The number of rotatable bonds is 7. The van der Waals surface area contributed by atoms with E-state index in [2.05, 4.69) is 45.5 Å². The number of methoxy groups -OCH3 is 1. The predicted molar refractivity (Wildman–Crippen MR) is 127 cm³/mol. The van der Waals surface area contributed by atoms with Crippen LogP contribution >= 0.6 is 0 Å². The van der Waals surface area contributed by atoms with E-state index in [1.54, 1.807) is 7.11 Å². The van der Waals surface area contributed by atoms with Gasteiger partial charge >= 0.3 is 0 Å². The molecule has 0 radical (unpaired) electrons. The fraction of sp³-hybridized carbons (Fsp3) is 0.346. The maximum atomic E-state index is 12.8. The van der Waals surface area contributed by atoms with E-state index in [1.165, 1.54) is 5.56 Å². The standard InChI is InChI=1S/C26H30N4O2/c1-19-7-3-4-11-23(19)24-12-13-25(29-28-24)30-16-6-9-21(18-30)26(31)27-15-14-20-8-5-10-22(17-20)32-2/h3-5,7-8,10-13,17,21H,6,9,14-16,18H2,1-2H3,(H,27,31). The minimum atomic E-state index is -0.0353. The lowest BCUT2D eigenvalue weighted by Crippen LogP contribution is -2.43. The number of amides is 1. The number of benzene rings is 2. The lowest BCUT2D eigenvalue weighted by molar-refractivity contribution is -0.125. The van der Waals surface area contributed by atoms with Crippen molar-refractivity contribution in [2.24, 2.45) is 5.92 Å². The molecule has 6 nitrogen and oxygen atoms in total. The Morgan fingerprint density at radius 1 is 1.12 bits per heavy atom. The van der Waals surface area contributed by atoms with E-state index in [0.717, 1.165) is 54.2 Å². The molecule has 1 aliphatic heterocycles. The summed E-state index contributed by atoms with van der Waals surface area (Å²) in [6.07, 6.45) is 2.65. The maximum Gasteiger partial charge on any atom is 0.224 e. The van der Waals surface area contributed by atoms with Crippen LogP contribution in [0.5, 0.6) is 5.75 Å². The Morgan fingerprint density at radius 2 is 2.00 bits per heavy atom. The second-order valence-corrected chi connectivity index (χ2v) is 8.27. The highest BCUT2D eigenvalue weighted by atomic mass is 16.5. The summed E-state index contributed by atoms with van der Waals surface area (Å²) in [7, 11) is 1.66. The van der Waals surface area contributed by atoms with Gasteiger partial charge in [0.1, 0.15) is 5.75 Å². The number of hydrogen-bond donors (Lipinski definition) is 1. The summed E-state index contributed by atoms with van der Waals surface area (Å²) < 4.78 is 5.27. The lowest BCUT2D eigenvalue weighted by atomic mass is 9.97. The van der Waals surface area contributed by atoms with E-state index in [4.69, 9.17) is 4.74 Å². The summed E-state index contributed by atoms with van der Waals surface area (Å²) in [5.41, 5.74) is 4.30. The number of aromatic nitrogens is 2. The highest BCUT2D eigenvalue weighted by molar-refractivity contribution is 5.79. The van der Waals surface area contributed by atoms with E-state index >= 15 is 0 Å². The summed E-state index contributed by atoms with van der Waals surface area (Å²) in [5.74, 6) is 1.75. The first kappa shape index (κ1) is 21.8. The van der Waals surface area contributed by atoms with Crippen molar-refractivity contribution in [3.63, 3.8) is 0 Å². The Morgan fingerprint density at radius 3 is 2.78 bits per heavy atom. The first-order valence-corrected chi connectivity index (χ1v) is 11.2. The van der Waals surface area contributed by atoms with Crippen molar-refractivity contribution in [2.75, 3.05) is 31.6 Å². The molecule has 1 amide bonds. The number of piperidine rings is 1. The zero-order valence-electron chi connectivity index (χ0n) is 18.8. The van der Waals surface area contributed by atoms with Gasteiger partial charge in [-0.15, -0.1) is 10.2 Å². The molecule has 2 aromatic carbocycles. The molecule has 1 fully saturated rings. The van der Waals surface area contributed by atoms with Crippen LogP contribution in [0.25, 0.3) is 11.3 Å². The fourth-order valence-corrected chi connectivity index (χ4v) is 4.20. The molecular weight excluding hydrogens is 400 g/mol. The third kappa shape index (κ3) is 5.25. The van der Waals surface area contributed by atoms with Crippen LogP contribution in [-0.2, 0) is 11.2 Å². The number of anilines is 1. The van der Waals surface area contributed by atoms with Crippen LogP contribution in [0.2, 0.25) is 0 Å². The summed E-state index contributed by atoms with van der Waals surface area (Å²) in [4.78, 5) is 14.9. The van der Waals surface area contributed by atoms with E-state index in [9.17, 15) is 4.79 Å². The van der Waals surface area contributed by atoms with Gasteiger partial charge in [0, 0.05) is 25.2 Å². The van der Waals surface area contributed by atoms with Crippen LogP contribution < -0.4 is 15.0 Å². The third-order valence-corrected chi connectivity index (χ3v) is 6.03. The monoisotopic (exact) mass is 430 g/mol. The predicted octanol–water partition coefficient (Wildman–Crippen LogP) is 4.04. The molecule has 6 heteroatoms. The fourth-order valence-electron chi connectivity index (χ4n) is 4.20. The second kappa shape index (κ2) is 10.3. The van der Waals surface area contributed by atoms with E-state index in [0.29, 0.717) is 13.1 Å². The minimum absolute atomic E-state index is 0.0353. The molecule has 1 saturated heterocycles. The Bertz CT molecular complexity index is 1050. The van der Waals surface area contributed by atoms with Crippen molar-refractivity contribution in [2.45, 2.75) is 26.2 Å². The number of carbonyl (C=O) groups excluding carboxylic acids is 1. The van der Waals surface area contributed by atoms with Crippen molar-refractivity contribution < 1.29 is 9.53 Å². The Balaban J connectivity index is 1.32. The SMILES string of the molecule is COc1cccc(CCNC(=O)C2CCCN(c3ccc(-c4ccccc4C)nn3)C2)c1. The number of hydrogen-bond acceptors (Lipinski definition) is 5. The van der Waals surface area contributed by atoms with Crippen molar-refractivity contribution >= 4 is 11.7 Å². The first-order chi connectivity index (χ1) is 15.6. The average Bonchev–Trinajstić information content (AvgIpc) is 2.84. The van der Waals surface area contributed by atoms with Gasteiger partial charge in [0.05, 0.1) is 18.7 Å². The molecule has 0 spiro atoms. The molecular formula is C26H30N4O2. The van der Waals surface area contributed by atoms with Gasteiger partial charge < -0.3 is 15.0 Å². The Labute approximate surface area is 189 Å². The normalized spacial score (nSPS) is 15.9. The van der Waals surface area contributed by atoms with Crippen LogP contribution in [0.3, 0.4) is 0 Å². The van der Waals surface area contributed by atoms with E-state index < -0.39 is 0 Å². The molecule has 1 N–H and O–H groups in total. The Kier molecular flexibility index (Phi) is 7.00. The van der Waals surface area contributed by atoms with Crippen LogP contribution in [-0.4, -0.2) is 42.8 Å². The van der Waals surface area contributed by atoms with Crippen LogP contribution in [0.1, 0.15) is 24.0 Å². The van der Waals surface area contributed by atoms with E-state index in [-0.39, 0.29) is 11.8 Å². The molecule has 0 saturated carbocycles. The number of aryl methyl sites for hydroxylation is 1. The van der Waals surface area contributed by atoms with Crippen LogP contribution in [0, 0.1) is 12.8 Å². The van der Waals surface area contributed by atoms with Crippen LogP contribution in [0.4, 0.5) is 5.82 Å². The molecule has 1 unspecified atom stereocenters. The summed E-state index contributed by atoms with van der Waals surface area (Å²) in [6.45, 7) is 4.26. The number of carbonyl (C=O) groups is 1. The van der Waals surface area contributed by atoms with Crippen LogP contribution in [0.15, 0.2) is 60.7 Å². The van der Waals surface area contributed by atoms with Gasteiger partial charge in [0.2, 0.25) is 5.91 Å². The van der Waals surface area contributed by atoms with Gasteiger partial charge in [-0.25, -0.2) is 0 Å². The number of ether oxygens (including phenoxy) is 1. The molecule has 1 aromatic heterocycles. The molecule has 32 heavy (non-hydrogen) atoms. The van der Waals surface area contributed by atoms with Crippen molar-refractivity contribution in [1.29, 1.82) is 0 Å². The smallest absolute Gasteiger partial charge is 0.224 e. The quantitative estimate of drug-likeness (QED) is 0.613. The second-order valence-electron chi connectivity index (χ2n) is 8.27. The molecule has 0 aliphatic carbocycles. The zero-order chi connectivity index (χ0) is 22.3. The summed E-state index contributed by atoms with van der Waals surface area (Å²) >= 11 is 0. The third-order valence-electron chi connectivity index (χ3n) is 6.03. The zero-order valence-corrected chi connectivity index (χ0v) is 18.8. The van der Waals surface area contributed by atoms with Crippen molar-refractivity contribution in [3.8, 4) is 17.0 Å². The molecule has 0 bridgehead atoms. The lowest BCUT2D eigenvalue weighted by Gasteiger charge is -2.32. The molecule has 2 heterocycles. The highest BCUT2D eigenvalue weighted by Crippen LogP contribution is 2.25. The first-order valence-electron chi connectivity index (χ1n) is 11.2. The largest absolute Gasteiger partial charge is 0.497 e.